The molecular weight excluding hydrogens is 414 g/mol. The van der Waals surface area contributed by atoms with Crippen LogP contribution in [0.15, 0.2) is 54.9 Å². The maximum Gasteiger partial charge on any atom is 0.435 e. The first-order valence-electron chi connectivity index (χ1n) is 8.96. The van der Waals surface area contributed by atoms with Crippen molar-refractivity contribution in [1.82, 2.24) is 35.6 Å². The van der Waals surface area contributed by atoms with E-state index >= 15 is 0 Å². The SMILES string of the molecule is Fc1ccccc1-c1[nH]nnc1-c1ccc2ncc(-c3c[nH]nc3C(F)(F)F)cc2n1. The van der Waals surface area contributed by atoms with Crippen molar-refractivity contribution in [1.29, 1.82) is 0 Å². The first-order chi connectivity index (χ1) is 14.9. The molecule has 5 rings (SSSR count). The van der Waals surface area contributed by atoms with Gasteiger partial charge in [0.15, 0.2) is 5.69 Å². The smallest absolute Gasteiger partial charge is 0.284 e. The first-order valence-corrected chi connectivity index (χ1v) is 8.96. The number of benzene rings is 1. The Morgan fingerprint density at radius 2 is 1.77 bits per heavy atom. The second-order valence-corrected chi connectivity index (χ2v) is 6.62. The summed E-state index contributed by atoms with van der Waals surface area (Å²) in [6.45, 7) is 0. The molecular formula is C20H11F4N7. The molecule has 0 aliphatic rings. The highest BCUT2D eigenvalue weighted by molar-refractivity contribution is 5.84. The van der Waals surface area contributed by atoms with Crippen LogP contribution in [0, 0.1) is 5.82 Å². The van der Waals surface area contributed by atoms with Crippen molar-refractivity contribution >= 4 is 11.0 Å². The Morgan fingerprint density at radius 3 is 2.58 bits per heavy atom. The second-order valence-electron chi connectivity index (χ2n) is 6.62. The fourth-order valence-electron chi connectivity index (χ4n) is 3.27. The van der Waals surface area contributed by atoms with Gasteiger partial charge in [-0.05, 0) is 30.3 Å². The van der Waals surface area contributed by atoms with Crippen LogP contribution in [0.5, 0.6) is 0 Å². The summed E-state index contributed by atoms with van der Waals surface area (Å²) in [6, 6.07) is 10.9. The fourth-order valence-corrected chi connectivity index (χ4v) is 3.27. The third kappa shape index (κ3) is 3.29. The molecule has 0 aliphatic carbocycles. The van der Waals surface area contributed by atoms with E-state index in [1.165, 1.54) is 18.3 Å². The number of rotatable bonds is 3. The lowest BCUT2D eigenvalue weighted by atomic mass is 10.1. The van der Waals surface area contributed by atoms with E-state index in [9.17, 15) is 17.6 Å². The van der Waals surface area contributed by atoms with Gasteiger partial charge >= 0.3 is 6.18 Å². The number of alkyl halides is 3. The summed E-state index contributed by atoms with van der Waals surface area (Å²) in [5.41, 5.74) is 1.11. The Balaban J connectivity index is 1.62. The van der Waals surface area contributed by atoms with Gasteiger partial charge in [-0.3, -0.25) is 15.2 Å². The molecule has 4 aromatic heterocycles. The van der Waals surface area contributed by atoms with Crippen LogP contribution < -0.4 is 0 Å². The van der Waals surface area contributed by atoms with Gasteiger partial charge in [0.1, 0.15) is 11.5 Å². The van der Waals surface area contributed by atoms with Crippen LogP contribution in [0.2, 0.25) is 0 Å². The monoisotopic (exact) mass is 425 g/mol. The van der Waals surface area contributed by atoms with Gasteiger partial charge in [-0.2, -0.15) is 18.3 Å². The highest BCUT2D eigenvalue weighted by Gasteiger charge is 2.36. The fraction of sp³-hybridized carbons (Fsp3) is 0.0500. The standard InChI is InChI=1S/C20H11F4N7/c21-13-4-2-1-3-11(13)17-18(29-31-28-17)15-6-5-14-16(27-15)7-10(8-25-14)12-9-26-30-19(12)20(22,23)24/h1-9H,(H,26,30)(H,28,29,31). The van der Waals surface area contributed by atoms with Crippen LogP contribution in [0.3, 0.4) is 0 Å². The van der Waals surface area contributed by atoms with E-state index in [-0.39, 0.29) is 16.7 Å². The quantitative estimate of drug-likeness (QED) is 0.411. The minimum Gasteiger partial charge on any atom is -0.284 e. The van der Waals surface area contributed by atoms with E-state index in [2.05, 4.69) is 35.6 Å². The van der Waals surface area contributed by atoms with Crippen molar-refractivity contribution in [3.63, 3.8) is 0 Å². The lowest BCUT2D eigenvalue weighted by Crippen LogP contribution is -2.07. The average molecular weight is 425 g/mol. The van der Waals surface area contributed by atoms with Gasteiger partial charge < -0.3 is 0 Å². The van der Waals surface area contributed by atoms with E-state index in [4.69, 9.17) is 0 Å². The molecule has 0 saturated carbocycles. The molecule has 0 spiro atoms. The minimum atomic E-state index is -4.62. The second kappa shape index (κ2) is 6.97. The van der Waals surface area contributed by atoms with Gasteiger partial charge in [0, 0.05) is 29.1 Å². The van der Waals surface area contributed by atoms with Gasteiger partial charge in [0.2, 0.25) is 0 Å². The topological polar surface area (TPSA) is 96.0 Å². The van der Waals surface area contributed by atoms with E-state index in [0.717, 1.165) is 6.20 Å². The lowest BCUT2D eigenvalue weighted by molar-refractivity contribution is -0.140. The maximum absolute atomic E-state index is 14.2. The summed E-state index contributed by atoms with van der Waals surface area (Å²) in [5, 5.41) is 16.0. The summed E-state index contributed by atoms with van der Waals surface area (Å²) in [7, 11) is 0. The van der Waals surface area contributed by atoms with Crippen molar-refractivity contribution < 1.29 is 17.6 Å². The molecule has 7 nitrogen and oxygen atoms in total. The normalized spacial score (nSPS) is 11.9. The number of H-pyrrole nitrogens is 2. The zero-order chi connectivity index (χ0) is 21.6. The van der Waals surface area contributed by atoms with Crippen molar-refractivity contribution in [3.05, 3.63) is 66.4 Å². The van der Waals surface area contributed by atoms with E-state index < -0.39 is 17.7 Å². The van der Waals surface area contributed by atoms with Crippen LogP contribution in [0.1, 0.15) is 5.69 Å². The van der Waals surface area contributed by atoms with E-state index in [1.807, 2.05) is 0 Å². The van der Waals surface area contributed by atoms with Crippen molar-refractivity contribution in [3.8, 4) is 33.8 Å². The number of hydrogen-bond donors (Lipinski definition) is 2. The van der Waals surface area contributed by atoms with Gasteiger partial charge in [0.25, 0.3) is 0 Å². The predicted octanol–water partition coefficient (Wildman–Crippen LogP) is 4.63. The molecule has 0 saturated heterocycles. The molecule has 0 amide bonds. The average Bonchev–Trinajstić information content (AvgIpc) is 3.43. The molecule has 0 radical (unpaired) electrons. The molecule has 1 aromatic carbocycles. The number of fused-ring (bicyclic) bond motifs is 1. The molecule has 154 valence electrons. The molecule has 31 heavy (non-hydrogen) atoms. The Bertz CT molecular complexity index is 1400. The predicted molar refractivity (Wildman–Crippen MR) is 103 cm³/mol. The van der Waals surface area contributed by atoms with Crippen LogP contribution in [-0.4, -0.2) is 35.6 Å². The molecule has 0 unspecified atom stereocenters. The van der Waals surface area contributed by atoms with Crippen molar-refractivity contribution in [2.45, 2.75) is 6.18 Å². The number of hydrogen-bond acceptors (Lipinski definition) is 5. The van der Waals surface area contributed by atoms with E-state index in [1.54, 1.807) is 30.3 Å². The highest BCUT2D eigenvalue weighted by atomic mass is 19.4. The Labute approximate surface area is 171 Å². The first kappa shape index (κ1) is 18.9. The summed E-state index contributed by atoms with van der Waals surface area (Å²) in [5.74, 6) is -0.459. The Kier molecular flexibility index (Phi) is 4.24. The summed E-state index contributed by atoms with van der Waals surface area (Å²) in [4.78, 5) is 8.68. The van der Waals surface area contributed by atoms with Gasteiger partial charge in [-0.1, -0.05) is 17.3 Å². The van der Waals surface area contributed by atoms with Crippen molar-refractivity contribution in [2.24, 2.45) is 0 Å². The maximum atomic E-state index is 14.2. The molecule has 0 aliphatic heterocycles. The number of nitrogens with one attached hydrogen (secondary N) is 2. The molecule has 0 fully saturated rings. The number of aromatic nitrogens is 7. The minimum absolute atomic E-state index is 0.136. The molecule has 0 bridgehead atoms. The van der Waals surface area contributed by atoms with Gasteiger partial charge in [-0.15, -0.1) is 5.10 Å². The third-order valence-electron chi connectivity index (χ3n) is 4.69. The molecule has 5 aromatic rings. The zero-order valence-electron chi connectivity index (χ0n) is 15.4. The lowest BCUT2D eigenvalue weighted by Gasteiger charge is -2.07. The zero-order valence-corrected chi connectivity index (χ0v) is 15.4. The van der Waals surface area contributed by atoms with Crippen LogP contribution in [0.25, 0.3) is 44.8 Å². The summed E-state index contributed by atoms with van der Waals surface area (Å²) < 4.78 is 53.8. The molecule has 2 N–H and O–H groups in total. The van der Waals surface area contributed by atoms with E-state index in [0.29, 0.717) is 28.1 Å². The third-order valence-corrected chi connectivity index (χ3v) is 4.69. The Hall–Kier alpha value is -4.15. The van der Waals surface area contributed by atoms with Crippen LogP contribution in [-0.2, 0) is 6.18 Å². The number of nitrogens with zero attached hydrogens (tertiary/aromatic N) is 5. The van der Waals surface area contributed by atoms with Crippen molar-refractivity contribution in [2.75, 3.05) is 0 Å². The number of pyridine rings is 2. The largest absolute Gasteiger partial charge is 0.435 e. The van der Waals surface area contributed by atoms with Gasteiger partial charge in [-0.25, -0.2) is 9.37 Å². The molecule has 0 atom stereocenters. The number of halogens is 4. The molecule has 11 heteroatoms. The molecule has 4 heterocycles. The van der Waals surface area contributed by atoms with Crippen LogP contribution >= 0.6 is 0 Å². The summed E-state index contributed by atoms with van der Waals surface area (Å²) >= 11 is 0. The Morgan fingerprint density at radius 1 is 0.935 bits per heavy atom. The van der Waals surface area contributed by atoms with Gasteiger partial charge in [0.05, 0.1) is 22.4 Å². The number of aromatic amines is 2. The highest BCUT2D eigenvalue weighted by Crippen LogP contribution is 2.36. The van der Waals surface area contributed by atoms with Crippen LogP contribution in [0.4, 0.5) is 17.6 Å². The summed E-state index contributed by atoms with van der Waals surface area (Å²) in [6.07, 6.45) is -2.14.